The van der Waals surface area contributed by atoms with E-state index in [1.807, 2.05) is 37.3 Å². The van der Waals surface area contributed by atoms with E-state index in [9.17, 15) is 0 Å². The summed E-state index contributed by atoms with van der Waals surface area (Å²) in [5.74, 6) is 1.78. The van der Waals surface area contributed by atoms with Gasteiger partial charge in [0.2, 0.25) is 0 Å². The van der Waals surface area contributed by atoms with Crippen LogP contribution >= 0.6 is 0 Å². The molecule has 1 unspecified atom stereocenters. The van der Waals surface area contributed by atoms with Gasteiger partial charge in [-0.3, -0.25) is 0 Å². The van der Waals surface area contributed by atoms with Gasteiger partial charge in [-0.05, 0) is 37.5 Å². The molecule has 2 N–H and O–H groups in total. The number of rotatable bonds is 6. The van der Waals surface area contributed by atoms with Gasteiger partial charge in [-0.1, -0.05) is 36.4 Å². The highest BCUT2D eigenvalue weighted by atomic mass is 16.5. The van der Waals surface area contributed by atoms with Crippen molar-refractivity contribution in [3.8, 4) is 11.5 Å². The van der Waals surface area contributed by atoms with Crippen molar-refractivity contribution in [1.29, 1.82) is 0 Å². The number of aryl methyl sites for hydroxylation is 1. The van der Waals surface area contributed by atoms with E-state index in [-0.39, 0.29) is 6.04 Å². The van der Waals surface area contributed by atoms with Gasteiger partial charge in [0.15, 0.2) is 0 Å². The second-order valence-corrected chi connectivity index (χ2v) is 5.35. The first-order valence-corrected chi connectivity index (χ1v) is 7.20. The molecule has 1 atom stereocenters. The van der Waals surface area contributed by atoms with Crippen LogP contribution in [0, 0.1) is 6.92 Å². The predicted molar refractivity (Wildman–Crippen MR) is 85.9 cm³/mol. The van der Waals surface area contributed by atoms with Gasteiger partial charge in [0.1, 0.15) is 18.1 Å². The summed E-state index contributed by atoms with van der Waals surface area (Å²) in [5.41, 5.74) is 9.24. The molecule has 2 rings (SSSR count). The Kier molecular flexibility index (Phi) is 5.23. The maximum atomic E-state index is 6.06. The SMILES string of the molecule is COc1ccccc1COc1c(C)cccc1CC(C)N. The Bertz CT molecular complexity index is 594. The molecule has 0 aliphatic carbocycles. The predicted octanol–water partition coefficient (Wildman–Crippen LogP) is 3.47. The van der Waals surface area contributed by atoms with Crippen molar-refractivity contribution in [2.45, 2.75) is 32.9 Å². The first-order valence-electron chi connectivity index (χ1n) is 7.20. The Hall–Kier alpha value is -2.00. The van der Waals surface area contributed by atoms with Crippen LogP contribution in [0.4, 0.5) is 0 Å². The average molecular weight is 285 g/mol. The van der Waals surface area contributed by atoms with Gasteiger partial charge in [-0.25, -0.2) is 0 Å². The second kappa shape index (κ2) is 7.14. The number of nitrogens with two attached hydrogens (primary N) is 1. The lowest BCUT2D eigenvalue weighted by Crippen LogP contribution is -2.18. The molecule has 0 heterocycles. The molecule has 0 bridgehead atoms. The molecule has 112 valence electrons. The summed E-state index contributed by atoms with van der Waals surface area (Å²) >= 11 is 0. The number of para-hydroxylation sites is 2. The molecule has 3 heteroatoms. The van der Waals surface area contributed by atoms with Gasteiger partial charge in [0.05, 0.1) is 7.11 Å². The lowest BCUT2D eigenvalue weighted by molar-refractivity contribution is 0.291. The fourth-order valence-corrected chi connectivity index (χ4v) is 2.40. The molecule has 0 amide bonds. The van der Waals surface area contributed by atoms with E-state index >= 15 is 0 Å². The second-order valence-electron chi connectivity index (χ2n) is 5.35. The zero-order valence-electron chi connectivity index (χ0n) is 12.9. The lowest BCUT2D eigenvalue weighted by atomic mass is 10.0. The Morgan fingerprint density at radius 1 is 1.05 bits per heavy atom. The average Bonchev–Trinajstić information content (AvgIpc) is 2.46. The van der Waals surface area contributed by atoms with E-state index in [0.29, 0.717) is 6.61 Å². The molecule has 0 aliphatic heterocycles. The third-order valence-electron chi connectivity index (χ3n) is 3.40. The van der Waals surface area contributed by atoms with Crippen LogP contribution in [-0.2, 0) is 13.0 Å². The summed E-state index contributed by atoms with van der Waals surface area (Å²) in [4.78, 5) is 0. The van der Waals surface area contributed by atoms with E-state index < -0.39 is 0 Å². The third-order valence-corrected chi connectivity index (χ3v) is 3.40. The highest BCUT2D eigenvalue weighted by Crippen LogP contribution is 2.27. The lowest BCUT2D eigenvalue weighted by Gasteiger charge is -2.16. The largest absolute Gasteiger partial charge is 0.496 e. The molecule has 2 aromatic carbocycles. The summed E-state index contributed by atoms with van der Waals surface area (Å²) in [6.45, 7) is 4.55. The minimum absolute atomic E-state index is 0.111. The van der Waals surface area contributed by atoms with Crippen LogP contribution in [0.2, 0.25) is 0 Å². The summed E-state index contributed by atoms with van der Waals surface area (Å²) in [7, 11) is 1.67. The fraction of sp³-hybridized carbons (Fsp3) is 0.333. The fourth-order valence-electron chi connectivity index (χ4n) is 2.40. The van der Waals surface area contributed by atoms with Crippen molar-refractivity contribution >= 4 is 0 Å². The van der Waals surface area contributed by atoms with Crippen molar-refractivity contribution in [2.24, 2.45) is 5.73 Å². The Morgan fingerprint density at radius 3 is 2.48 bits per heavy atom. The monoisotopic (exact) mass is 285 g/mol. The topological polar surface area (TPSA) is 44.5 Å². The Labute approximate surface area is 126 Å². The van der Waals surface area contributed by atoms with Crippen molar-refractivity contribution < 1.29 is 9.47 Å². The molecule has 2 aromatic rings. The zero-order valence-corrected chi connectivity index (χ0v) is 12.9. The summed E-state index contributed by atoms with van der Waals surface area (Å²) in [6, 6.07) is 14.2. The van der Waals surface area contributed by atoms with E-state index in [0.717, 1.165) is 34.6 Å². The molecule has 0 saturated carbocycles. The summed E-state index contributed by atoms with van der Waals surface area (Å²) in [6.07, 6.45) is 0.808. The smallest absolute Gasteiger partial charge is 0.125 e. The summed E-state index contributed by atoms with van der Waals surface area (Å²) in [5, 5.41) is 0. The minimum atomic E-state index is 0.111. The van der Waals surface area contributed by atoms with Gasteiger partial charge in [-0.2, -0.15) is 0 Å². The van der Waals surface area contributed by atoms with Crippen LogP contribution in [-0.4, -0.2) is 13.2 Å². The number of benzene rings is 2. The standard InChI is InChI=1S/C18H23NO2/c1-13-7-6-9-15(11-14(2)19)18(13)21-12-16-8-4-5-10-17(16)20-3/h4-10,14H,11-12,19H2,1-3H3. The van der Waals surface area contributed by atoms with E-state index in [2.05, 4.69) is 19.1 Å². The quantitative estimate of drug-likeness (QED) is 0.884. The highest BCUT2D eigenvalue weighted by Gasteiger charge is 2.10. The van der Waals surface area contributed by atoms with Gasteiger partial charge in [0.25, 0.3) is 0 Å². The van der Waals surface area contributed by atoms with Crippen LogP contribution in [0.25, 0.3) is 0 Å². The maximum Gasteiger partial charge on any atom is 0.125 e. The maximum absolute atomic E-state index is 6.06. The van der Waals surface area contributed by atoms with Gasteiger partial charge in [0, 0.05) is 11.6 Å². The third kappa shape index (κ3) is 3.99. The number of hydrogen-bond acceptors (Lipinski definition) is 3. The van der Waals surface area contributed by atoms with E-state index in [4.69, 9.17) is 15.2 Å². The molecule has 0 radical (unpaired) electrons. The normalized spacial score (nSPS) is 12.0. The molecule has 0 aliphatic rings. The van der Waals surface area contributed by atoms with Crippen molar-refractivity contribution in [2.75, 3.05) is 7.11 Å². The van der Waals surface area contributed by atoms with E-state index in [1.54, 1.807) is 7.11 Å². The number of ether oxygens (including phenoxy) is 2. The van der Waals surface area contributed by atoms with Crippen molar-refractivity contribution in [1.82, 2.24) is 0 Å². The Balaban J connectivity index is 2.19. The first kappa shape index (κ1) is 15.4. The van der Waals surface area contributed by atoms with Crippen LogP contribution in [0.15, 0.2) is 42.5 Å². The van der Waals surface area contributed by atoms with Crippen molar-refractivity contribution in [3.05, 3.63) is 59.2 Å². The van der Waals surface area contributed by atoms with Gasteiger partial charge >= 0.3 is 0 Å². The minimum Gasteiger partial charge on any atom is -0.496 e. The first-order chi connectivity index (χ1) is 10.1. The molecular formula is C18H23NO2. The molecule has 21 heavy (non-hydrogen) atoms. The van der Waals surface area contributed by atoms with Gasteiger partial charge < -0.3 is 15.2 Å². The molecule has 0 spiro atoms. The van der Waals surface area contributed by atoms with Crippen LogP contribution in [0.3, 0.4) is 0 Å². The number of methoxy groups -OCH3 is 1. The van der Waals surface area contributed by atoms with Crippen molar-refractivity contribution in [3.63, 3.8) is 0 Å². The molecule has 0 fully saturated rings. The molecule has 0 saturated heterocycles. The molecule has 3 nitrogen and oxygen atoms in total. The van der Waals surface area contributed by atoms with E-state index in [1.165, 1.54) is 0 Å². The number of hydrogen-bond donors (Lipinski definition) is 1. The Morgan fingerprint density at radius 2 is 1.76 bits per heavy atom. The van der Waals surface area contributed by atoms with Crippen LogP contribution in [0.1, 0.15) is 23.6 Å². The summed E-state index contributed by atoms with van der Waals surface area (Å²) < 4.78 is 11.4. The highest BCUT2D eigenvalue weighted by molar-refractivity contribution is 5.42. The van der Waals surface area contributed by atoms with Crippen LogP contribution < -0.4 is 15.2 Å². The van der Waals surface area contributed by atoms with Crippen LogP contribution in [0.5, 0.6) is 11.5 Å². The molecular weight excluding hydrogens is 262 g/mol. The van der Waals surface area contributed by atoms with Gasteiger partial charge in [-0.15, -0.1) is 0 Å². The zero-order chi connectivity index (χ0) is 15.2. The molecule has 0 aromatic heterocycles.